The molecule has 22 heavy (non-hydrogen) atoms. The highest BCUT2D eigenvalue weighted by Gasteiger charge is 2.31. The van der Waals surface area contributed by atoms with Gasteiger partial charge in [0.05, 0.1) is 13.2 Å². The summed E-state index contributed by atoms with van der Waals surface area (Å²) in [6, 6.07) is 7.55. The summed E-state index contributed by atoms with van der Waals surface area (Å²) >= 11 is 0. The smallest absolute Gasteiger partial charge is 0.148 e. The number of aromatic nitrogens is 3. The second-order valence-electron chi connectivity index (χ2n) is 5.84. The van der Waals surface area contributed by atoms with Crippen LogP contribution in [0.1, 0.15) is 36.8 Å². The van der Waals surface area contributed by atoms with Crippen molar-refractivity contribution in [3.63, 3.8) is 0 Å². The summed E-state index contributed by atoms with van der Waals surface area (Å²) in [5.41, 5.74) is 6.90. The minimum Gasteiger partial charge on any atom is -0.494 e. The highest BCUT2D eigenvalue weighted by atomic mass is 16.5. The minimum atomic E-state index is -0.417. The van der Waals surface area contributed by atoms with Crippen molar-refractivity contribution in [1.82, 2.24) is 14.8 Å². The summed E-state index contributed by atoms with van der Waals surface area (Å²) in [5.74, 6) is 2.57. The van der Waals surface area contributed by atoms with Crippen LogP contribution < -0.4 is 10.5 Å². The Morgan fingerprint density at radius 3 is 2.82 bits per heavy atom. The van der Waals surface area contributed by atoms with Crippen LogP contribution in [0.5, 0.6) is 5.75 Å². The molecule has 6 nitrogen and oxygen atoms in total. The molecule has 2 aromatic rings. The molecule has 1 aliphatic carbocycles. The number of hydrogen-bond donors (Lipinski definition) is 2. The van der Waals surface area contributed by atoms with Gasteiger partial charge in [0, 0.05) is 12.0 Å². The van der Waals surface area contributed by atoms with Crippen LogP contribution in [-0.4, -0.2) is 39.1 Å². The van der Waals surface area contributed by atoms with Gasteiger partial charge in [-0.25, -0.2) is 9.67 Å². The molecule has 0 unspecified atom stereocenters. The van der Waals surface area contributed by atoms with E-state index in [9.17, 15) is 5.11 Å². The normalized spacial score (nSPS) is 25.2. The van der Waals surface area contributed by atoms with Gasteiger partial charge in [-0.1, -0.05) is 12.1 Å². The van der Waals surface area contributed by atoms with Gasteiger partial charge in [-0.2, -0.15) is 5.10 Å². The zero-order valence-corrected chi connectivity index (χ0v) is 12.9. The number of nitrogens with two attached hydrogens (primary N) is 1. The first-order valence-electron chi connectivity index (χ1n) is 7.60. The average molecular weight is 302 g/mol. The number of nitrogens with zero attached hydrogens (tertiary/aromatic N) is 3. The van der Waals surface area contributed by atoms with Crippen LogP contribution in [0.25, 0.3) is 5.69 Å². The number of aryl methyl sites for hydroxylation is 1. The molecule has 3 N–H and O–H groups in total. The third-order valence-electron chi connectivity index (χ3n) is 4.28. The lowest BCUT2D eigenvalue weighted by Crippen LogP contribution is -2.40. The lowest BCUT2D eigenvalue weighted by molar-refractivity contribution is 0.0989. The van der Waals surface area contributed by atoms with Crippen LogP contribution in [0.15, 0.2) is 24.3 Å². The van der Waals surface area contributed by atoms with E-state index in [-0.39, 0.29) is 12.0 Å². The topological polar surface area (TPSA) is 86.2 Å². The highest BCUT2D eigenvalue weighted by Crippen LogP contribution is 2.34. The fourth-order valence-corrected chi connectivity index (χ4v) is 3.10. The van der Waals surface area contributed by atoms with Crippen molar-refractivity contribution >= 4 is 0 Å². The third-order valence-corrected chi connectivity index (χ3v) is 4.28. The van der Waals surface area contributed by atoms with E-state index in [1.807, 2.05) is 35.9 Å². The molecule has 6 heteroatoms. The summed E-state index contributed by atoms with van der Waals surface area (Å²) in [6.07, 6.45) is 1.86. The number of rotatable bonds is 3. The molecule has 0 amide bonds. The highest BCUT2D eigenvalue weighted by molar-refractivity contribution is 5.46. The monoisotopic (exact) mass is 302 g/mol. The number of ether oxygens (including phenoxy) is 1. The van der Waals surface area contributed by atoms with E-state index in [4.69, 9.17) is 10.5 Å². The number of aliphatic hydroxyl groups is 1. The summed E-state index contributed by atoms with van der Waals surface area (Å²) in [7, 11) is 1.65. The van der Waals surface area contributed by atoms with E-state index in [1.54, 1.807) is 7.11 Å². The molecule has 1 saturated carbocycles. The molecule has 0 radical (unpaired) electrons. The number of para-hydroxylation sites is 2. The van der Waals surface area contributed by atoms with Gasteiger partial charge in [-0.05, 0) is 38.3 Å². The number of methoxy groups -OCH3 is 1. The molecule has 1 heterocycles. The first kappa shape index (κ1) is 15.0. The maximum atomic E-state index is 9.83. The predicted octanol–water partition coefficient (Wildman–Crippen LogP) is 1.54. The Hall–Kier alpha value is -1.92. The second kappa shape index (κ2) is 6.06. The largest absolute Gasteiger partial charge is 0.494 e. The summed E-state index contributed by atoms with van der Waals surface area (Å²) < 4.78 is 7.29. The molecule has 1 aliphatic rings. The van der Waals surface area contributed by atoms with Crippen LogP contribution in [0.4, 0.5) is 0 Å². The Morgan fingerprint density at radius 2 is 2.09 bits per heavy atom. The fourth-order valence-electron chi connectivity index (χ4n) is 3.10. The minimum absolute atomic E-state index is 0.199. The van der Waals surface area contributed by atoms with Crippen molar-refractivity contribution in [3.8, 4) is 11.4 Å². The maximum Gasteiger partial charge on any atom is 0.148 e. The Bertz CT molecular complexity index is 655. The number of hydrogen-bond acceptors (Lipinski definition) is 5. The molecule has 3 atom stereocenters. The van der Waals surface area contributed by atoms with Gasteiger partial charge in [0.2, 0.25) is 0 Å². The van der Waals surface area contributed by atoms with Gasteiger partial charge in [0.15, 0.2) is 0 Å². The maximum absolute atomic E-state index is 9.83. The molecule has 1 aromatic carbocycles. The van der Waals surface area contributed by atoms with Crippen LogP contribution in [0, 0.1) is 6.92 Å². The molecule has 118 valence electrons. The van der Waals surface area contributed by atoms with Crippen LogP contribution in [-0.2, 0) is 0 Å². The van der Waals surface area contributed by atoms with Gasteiger partial charge in [-0.15, -0.1) is 0 Å². The van der Waals surface area contributed by atoms with Crippen LogP contribution in [0.2, 0.25) is 0 Å². The van der Waals surface area contributed by atoms with Gasteiger partial charge in [-0.3, -0.25) is 0 Å². The predicted molar refractivity (Wildman–Crippen MR) is 83.2 cm³/mol. The standard InChI is InChI=1S/C16H22N4O2/c1-10-18-16(11-7-8-14(21)12(17)9-11)20(19-10)13-5-3-4-6-15(13)22-2/h3-6,11-12,14,21H,7-9,17H2,1-2H3/t11-,12+,14+/m0/s1. The van der Waals surface area contributed by atoms with E-state index in [2.05, 4.69) is 10.1 Å². The van der Waals surface area contributed by atoms with E-state index < -0.39 is 6.10 Å². The van der Waals surface area contributed by atoms with Crippen LogP contribution in [0.3, 0.4) is 0 Å². The summed E-state index contributed by atoms with van der Waals surface area (Å²) in [5, 5.41) is 14.4. The van der Waals surface area contributed by atoms with Crippen molar-refractivity contribution in [2.24, 2.45) is 5.73 Å². The zero-order valence-electron chi connectivity index (χ0n) is 12.9. The SMILES string of the molecule is COc1ccccc1-n1nc(C)nc1[C@H]1CC[C@@H](O)[C@H](N)C1. The first-order chi connectivity index (χ1) is 10.6. The lowest BCUT2D eigenvalue weighted by atomic mass is 9.83. The molecule has 1 fully saturated rings. The van der Waals surface area contributed by atoms with Gasteiger partial charge in [0.25, 0.3) is 0 Å². The van der Waals surface area contributed by atoms with E-state index in [1.165, 1.54) is 0 Å². The zero-order chi connectivity index (χ0) is 15.7. The van der Waals surface area contributed by atoms with E-state index in [0.717, 1.165) is 29.5 Å². The molecular formula is C16H22N4O2. The quantitative estimate of drug-likeness (QED) is 0.898. The Kier molecular flexibility index (Phi) is 4.13. The molecule has 0 spiro atoms. The third kappa shape index (κ3) is 2.71. The fraction of sp³-hybridized carbons (Fsp3) is 0.500. The second-order valence-corrected chi connectivity index (χ2v) is 5.84. The Morgan fingerprint density at radius 1 is 1.32 bits per heavy atom. The van der Waals surface area contributed by atoms with Gasteiger partial charge >= 0.3 is 0 Å². The lowest BCUT2D eigenvalue weighted by Gasteiger charge is -2.30. The van der Waals surface area contributed by atoms with Crippen molar-refractivity contribution in [2.75, 3.05) is 7.11 Å². The first-order valence-corrected chi connectivity index (χ1v) is 7.60. The van der Waals surface area contributed by atoms with Crippen molar-refractivity contribution in [1.29, 1.82) is 0 Å². The molecule has 0 aliphatic heterocycles. The number of aliphatic hydroxyl groups excluding tert-OH is 1. The molecule has 0 saturated heterocycles. The molecule has 0 bridgehead atoms. The van der Waals surface area contributed by atoms with E-state index in [0.29, 0.717) is 12.8 Å². The molecular weight excluding hydrogens is 280 g/mol. The Labute approximate surface area is 129 Å². The molecule has 3 rings (SSSR count). The van der Waals surface area contributed by atoms with Gasteiger partial charge in [0.1, 0.15) is 23.1 Å². The van der Waals surface area contributed by atoms with Crippen LogP contribution >= 0.6 is 0 Å². The van der Waals surface area contributed by atoms with Crippen molar-refractivity contribution in [2.45, 2.75) is 44.2 Å². The van der Waals surface area contributed by atoms with Crippen molar-refractivity contribution < 1.29 is 9.84 Å². The summed E-state index contributed by atoms with van der Waals surface area (Å²) in [4.78, 5) is 4.60. The Balaban J connectivity index is 2.00. The number of benzene rings is 1. The molecule has 1 aromatic heterocycles. The van der Waals surface area contributed by atoms with Gasteiger partial charge < -0.3 is 15.6 Å². The summed E-state index contributed by atoms with van der Waals surface area (Å²) in [6.45, 7) is 1.88. The van der Waals surface area contributed by atoms with E-state index >= 15 is 0 Å². The van der Waals surface area contributed by atoms with Crippen molar-refractivity contribution in [3.05, 3.63) is 35.9 Å². The average Bonchev–Trinajstić information content (AvgIpc) is 2.91.